The zero-order valence-corrected chi connectivity index (χ0v) is 18.4. The Morgan fingerprint density at radius 3 is 2.52 bits per heavy atom. The second-order valence-corrected chi connectivity index (χ2v) is 7.44. The third-order valence-corrected chi connectivity index (χ3v) is 5.58. The number of nitrogens with one attached hydrogen (secondary N) is 1. The van der Waals surface area contributed by atoms with Gasteiger partial charge in [0.15, 0.2) is 17.1 Å². The van der Waals surface area contributed by atoms with E-state index in [1.165, 1.54) is 4.52 Å². The van der Waals surface area contributed by atoms with Crippen molar-refractivity contribution in [2.24, 2.45) is 0 Å². The number of rotatable bonds is 7. The van der Waals surface area contributed by atoms with Crippen LogP contribution < -0.4 is 15.0 Å². The Bertz CT molecular complexity index is 1280. The fourth-order valence-corrected chi connectivity index (χ4v) is 3.92. The summed E-state index contributed by atoms with van der Waals surface area (Å²) in [5.74, 6) is 2.07. The summed E-state index contributed by atoms with van der Waals surface area (Å²) in [7, 11) is 3.21. The lowest BCUT2D eigenvalue weighted by molar-refractivity contribution is 0.355. The number of methoxy groups -OCH3 is 2. The predicted octanol–water partition coefficient (Wildman–Crippen LogP) is 3.66. The van der Waals surface area contributed by atoms with Crippen molar-refractivity contribution in [3.05, 3.63) is 63.0 Å². The number of aromatic nitrogens is 4. The lowest BCUT2D eigenvalue weighted by atomic mass is 10.0. The molecule has 0 aliphatic carbocycles. The van der Waals surface area contributed by atoms with Crippen molar-refractivity contribution in [1.82, 2.24) is 19.8 Å². The normalized spacial score (nSPS) is 11.3. The number of nitrogens with zero attached hydrogens (tertiary/aromatic N) is 3. The SMILES string of the molecule is CCc1[nH]n2c(=O)cc(CCc3c(C)noc3C)nc2c1-c1ccc(OC)c(OC)c1. The zero-order chi connectivity index (χ0) is 22.1. The van der Waals surface area contributed by atoms with E-state index in [1.807, 2.05) is 39.0 Å². The minimum atomic E-state index is -0.139. The van der Waals surface area contributed by atoms with Crippen LogP contribution in [0.25, 0.3) is 16.8 Å². The first-order chi connectivity index (χ1) is 15.0. The Labute approximate surface area is 179 Å². The van der Waals surface area contributed by atoms with E-state index in [4.69, 9.17) is 19.0 Å². The maximum Gasteiger partial charge on any atom is 0.272 e. The Hall–Kier alpha value is -3.55. The maximum atomic E-state index is 12.8. The molecule has 4 rings (SSSR count). The molecule has 0 amide bonds. The fourth-order valence-electron chi connectivity index (χ4n) is 3.92. The Morgan fingerprint density at radius 2 is 1.87 bits per heavy atom. The zero-order valence-electron chi connectivity index (χ0n) is 18.4. The molecule has 31 heavy (non-hydrogen) atoms. The highest BCUT2D eigenvalue weighted by molar-refractivity contribution is 5.81. The summed E-state index contributed by atoms with van der Waals surface area (Å²) < 4.78 is 17.6. The van der Waals surface area contributed by atoms with E-state index in [0.717, 1.165) is 46.0 Å². The van der Waals surface area contributed by atoms with Crippen molar-refractivity contribution in [1.29, 1.82) is 0 Å². The van der Waals surface area contributed by atoms with Crippen LogP contribution >= 0.6 is 0 Å². The van der Waals surface area contributed by atoms with Crippen molar-refractivity contribution >= 4 is 5.65 Å². The van der Waals surface area contributed by atoms with E-state index in [-0.39, 0.29) is 5.56 Å². The molecule has 1 aromatic carbocycles. The molecule has 0 saturated carbocycles. The second-order valence-electron chi connectivity index (χ2n) is 7.44. The van der Waals surface area contributed by atoms with Gasteiger partial charge in [0.1, 0.15) is 5.76 Å². The number of fused-ring (bicyclic) bond motifs is 1. The average molecular weight is 422 g/mol. The molecule has 0 aliphatic rings. The van der Waals surface area contributed by atoms with Crippen LogP contribution in [0.15, 0.2) is 33.6 Å². The van der Waals surface area contributed by atoms with Crippen LogP contribution in [0, 0.1) is 13.8 Å². The molecule has 3 heterocycles. The van der Waals surface area contributed by atoms with E-state index < -0.39 is 0 Å². The molecular weight excluding hydrogens is 396 g/mol. The van der Waals surface area contributed by atoms with E-state index in [0.29, 0.717) is 30.0 Å². The van der Waals surface area contributed by atoms with Crippen LogP contribution in [-0.4, -0.2) is 34.0 Å². The summed E-state index contributed by atoms with van der Waals surface area (Å²) in [6.07, 6.45) is 2.05. The van der Waals surface area contributed by atoms with Gasteiger partial charge in [-0.3, -0.25) is 9.89 Å². The van der Waals surface area contributed by atoms with E-state index in [2.05, 4.69) is 10.3 Å². The van der Waals surface area contributed by atoms with Crippen molar-refractivity contribution in [2.45, 2.75) is 40.0 Å². The maximum absolute atomic E-state index is 12.8. The number of benzene rings is 1. The van der Waals surface area contributed by atoms with Crippen LogP contribution in [0.1, 0.15) is 35.3 Å². The summed E-state index contributed by atoms with van der Waals surface area (Å²) in [4.78, 5) is 17.7. The molecule has 8 nitrogen and oxygen atoms in total. The number of ether oxygens (including phenoxy) is 2. The summed E-state index contributed by atoms with van der Waals surface area (Å²) in [6, 6.07) is 7.30. The van der Waals surface area contributed by atoms with Gasteiger partial charge in [-0.05, 0) is 50.8 Å². The minimum Gasteiger partial charge on any atom is -0.493 e. The van der Waals surface area contributed by atoms with Crippen LogP contribution in [0.2, 0.25) is 0 Å². The Balaban J connectivity index is 1.81. The third kappa shape index (κ3) is 3.69. The molecule has 4 aromatic rings. The Morgan fingerprint density at radius 1 is 1.10 bits per heavy atom. The van der Waals surface area contributed by atoms with Gasteiger partial charge in [0.05, 0.1) is 19.9 Å². The van der Waals surface area contributed by atoms with E-state index in [1.54, 1.807) is 20.3 Å². The highest BCUT2D eigenvalue weighted by Gasteiger charge is 2.18. The van der Waals surface area contributed by atoms with Gasteiger partial charge in [0.25, 0.3) is 5.56 Å². The highest BCUT2D eigenvalue weighted by Crippen LogP contribution is 2.35. The van der Waals surface area contributed by atoms with Crippen molar-refractivity contribution in [3.8, 4) is 22.6 Å². The molecule has 0 spiro atoms. The molecular formula is C23H26N4O4. The lowest BCUT2D eigenvalue weighted by Crippen LogP contribution is -2.16. The first-order valence-electron chi connectivity index (χ1n) is 10.2. The monoisotopic (exact) mass is 422 g/mol. The molecule has 0 saturated heterocycles. The highest BCUT2D eigenvalue weighted by atomic mass is 16.5. The first-order valence-corrected chi connectivity index (χ1v) is 10.2. The van der Waals surface area contributed by atoms with Gasteiger partial charge in [-0.1, -0.05) is 18.1 Å². The van der Waals surface area contributed by atoms with Crippen LogP contribution in [0.3, 0.4) is 0 Å². The fraction of sp³-hybridized carbons (Fsp3) is 0.348. The van der Waals surface area contributed by atoms with Gasteiger partial charge in [0.2, 0.25) is 0 Å². The number of hydrogen-bond acceptors (Lipinski definition) is 6. The molecule has 1 N–H and O–H groups in total. The van der Waals surface area contributed by atoms with E-state index >= 15 is 0 Å². The van der Waals surface area contributed by atoms with Crippen LogP contribution in [0.5, 0.6) is 11.5 Å². The van der Waals surface area contributed by atoms with Gasteiger partial charge in [-0.25, -0.2) is 9.50 Å². The van der Waals surface area contributed by atoms with Gasteiger partial charge < -0.3 is 14.0 Å². The topological polar surface area (TPSA) is 94.7 Å². The number of aromatic amines is 1. The quantitative estimate of drug-likeness (QED) is 0.488. The van der Waals surface area contributed by atoms with Gasteiger partial charge in [-0.15, -0.1) is 0 Å². The molecule has 162 valence electrons. The molecule has 0 radical (unpaired) electrons. The van der Waals surface area contributed by atoms with Crippen molar-refractivity contribution in [3.63, 3.8) is 0 Å². The standard InChI is InChI=1S/C23H26N4O4/c1-6-18-22(15-7-10-19(29-4)20(11-15)30-5)23-24-16(12-21(28)27(23)25-18)8-9-17-13(2)26-31-14(17)3/h7,10-12,25H,6,8-9H2,1-5H3. The molecule has 3 aromatic heterocycles. The molecule has 0 aliphatic heterocycles. The molecule has 0 atom stereocenters. The summed E-state index contributed by atoms with van der Waals surface area (Å²) in [5.41, 5.74) is 5.85. The van der Waals surface area contributed by atoms with Crippen molar-refractivity contribution < 1.29 is 14.0 Å². The average Bonchev–Trinajstić information content (AvgIpc) is 3.31. The Kier molecular flexibility index (Phi) is 5.54. The largest absolute Gasteiger partial charge is 0.493 e. The second kappa shape index (κ2) is 8.29. The van der Waals surface area contributed by atoms with E-state index in [9.17, 15) is 4.79 Å². The molecule has 0 bridgehead atoms. The molecule has 0 unspecified atom stereocenters. The summed E-state index contributed by atoms with van der Waals surface area (Å²) >= 11 is 0. The number of H-pyrrole nitrogens is 1. The smallest absolute Gasteiger partial charge is 0.272 e. The summed E-state index contributed by atoms with van der Waals surface area (Å²) in [6.45, 7) is 5.86. The molecule has 0 fully saturated rings. The third-order valence-electron chi connectivity index (χ3n) is 5.58. The first kappa shape index (κ1) is 20.7. The lowest BCUT2D eigenvalue weighted by Gasteiger charge is -2.10. The predicted molar refractivity (Wildman–Crippen MR) is 117 cm³/mol. The number of aryl methyl sites for hydroxylation is 4. The molecule has 8 heteroatoms. The minimum absolute atomic E-state index is 0.139. The van der Waals surface area contributed by atoms with Gasteiger partial charge in [0, 0.05) is 28.6 Å². The van der Waals surface area contributed by atoms with Crippen LogP contribution in [-0.2, 0) is 19.3 Å². The van der Waals surface area contributed by atoms with Crippen molar-refractivity contribution in [2.75, 3.05) is 14.2 Å². The number of hydrogen-bond donors (Lipinski definition) is 1. The van der Waals surface area contributed by atoms with Gasteiger partial charge >= 0.3 is 0 Å². The van der Waals surface area contributed by atoms with Gasteiger partial charge in [-0.2, -0.15) is 0 Å². The van der Waals surface area contributed by atoms with Crippen LogP contribution in [0.4, 0.5) is 0 Å². The summed E-state index contributed by atoms with van der Waals surface area (Å²) in [5, 5.41) is 7.21.